The maximum absolute atomic E-state index is 12.5. The lowest BCUT2D eigenvalue weighted by molar-refractivity contribution is -0.136. The lowest BCUT2D eigenvalue weighted by Crippen LogP contribution is -2.33. The van der Waals surface area contributed by atoms with Gasteiger partial charge in [0.25, 0.3) is 0 Å². The van der Waals surface area contributed by atoms with Crippen molar-refractivity contribution in [2.75, 3.05) is 17.7 Å². The molecule has 0 saturated heterocycles. The topological polar surface area (TPSA) is 109 Å². The molecule has 0 spiro atoms. The summed E-state index contributed by atoms with van der Waals surface area (Å²) in [6.07, 6.45) is -0.0547. The van der Waals surface area contributed by atoms with Gasteiger partial charge in [-0.1, -0.05) is 54.6 Å². The van der Waals surface area contributed by atoms with Crippen LogP contribution in [0, 0.1) is 0 Å². The molecule has 3 aromatic carbocycles. The van der Waals surface area contributed by atoms with Crippen LogP contribution >= 0.6 is 0 Å². The van der Waals surface area contributed by atoms with E-state index in [1.54, 1.807) is 31.2 Å². The lowest BCUT2D eigenvalue weighted by Gasteiger charge is -2.11. The van der Waals surface area contributed by atoms with Gasteiger partial charge in [-0.2, -0.15) is 5.10 Å². The first-order valence-corrected chi connectivity index (χ1v) is 10.2. The minimum atomic E-state index is -0.952. The molecular weight excluding hydrogens is 420 g/mol. The van der Waals surface area contributed by atoms with Crippen LogP contribution in [0.4, 0.5) is 11.4 Å². The van der Waals surface area contributed by atoms with Gasteiger partial charge in [0, 0.05) is 28.7 Å². The molecule has 0 aliphatic carbocycles. The minimum Gasteiger partial charge on any atom is -0.497 e. The molecule has 3 amide bonds. The molecule has 3 N–H and O–H groups in total. The van der Waals surface area contributed by atoms with Crippen LogP contribution in [0.3, 0.4) is 0 Å². The molecule has 3 rings (SSSR count). The molecule has 0 aliphatic rings. The SMILES string of the molecule is COc1cccc(NC(=O)C(=O)N/N=C(\C)CC(=O)Nc2ccccc2-c2ccccc2)c1. The predicted octanol–water partition coefficient (Wildman–Crippen LogP) is 3.82. The summed E-state index contributed by atoms with van der Waals surface area (Å²) in [5, 5.41) is 9.18. The van der Waals surface area contributed by atoms with Crippen molar-refractivity contribution in [2.45, 2.75) is 13.3 Å². The van der Waals surface area contributed by atoms with Crippen molar-refractivity contribution in [2.24, 2.45) is 5.10 Å². The Balaban J connectivity index is 1.55. The van der Waals surface area contributed by atoms with Gasteiger partial charge in [-0.05, 0) is 30.7 Å². The van der Waals surface area contributed by atoms with Crippen molar-refractivity contribution in [3.63, 3.8) is 0 Å². The van der Waals surface area contributed by atoms with E-state index in [1.807, 2.05) is 54.6 Å². The lowest BCUT2D eigenvalue weighted by atomic mass is 10.0. The van der Waals surface area contributed by atoms with E-state index >= 15 is 0 Å². The minimum absolute atomic E-state index is 0.0547. The summed E-state index contributed by atoms with van der Waals surface area (Å²) in [7, 11) is 1.50. The first-order valence-electron chi connectivity index (χ1n) is 10.2. The second kappa shape index (κ2) is 11.2. The number of hydrogen-bond acceptors (Lipinski definition) is 5. The van der Waals surface area contributed by atoms with Gasteiger partial charge in [-0.15, -0.1) is 0 Å². The Morgan fingerprint density at radius 1 is 0.848 bits per heavy atom. The maximum atomic E-state index is 12.5. The first-order chi connectivity index (χ1) is 16.0. The van der Waals surface area contributed by atoms with Crippen molar-refractivity contribution in [1.82, 2.24) is 5.43 Å². The molecule has 3 aromatic rings. The Labute approximate surface area is 191 Å². The van der Waals surface area contributed by atoms with Crippen LogP contribution in [0.2, 0.25) is 0 Å². The molecule has 0 unspecified atom stereocenters. The molecule has 168 valence electrons. The Morgan fingerprint density at radius 2 is 1.58 bits per heavy atom. The molecule has 8 nitrogen and oxygen atoms in total. The molecule has 0 heterocycles. The largest absolute Gasteiger partial charge is 0.497 e. The molecule has 0 saturated carbocycles. The van der Waals surface area contributed by atoms with Gasteiger partial charge in [-0.25, -0.2) is 5.43 Å². The monoisotopic (exact) mass is 444 g/mol. The zero-order valence-electron chi connectivity index (χ0n) is 18.3. The molecule has 0 aliphatic heterocycles. The quantitative estimate of drug-likeness (QED) is 0.292. The van der Waals surface area contributed by atoms with Crippen LogP contribution in [0.5, 0.6) is 5.75 Å². The average molecular weight is 444 g/mol. The normalized spacial score (nSPS) is 10.8. The van der Waals surface area contributed by atoms with Crippen molar-refractivity contribution < 1.29 is 19.1 Å². The second-order valence-electron chi connectivity index (χ2n) is 7.11. The van der Waals surface area contributed by atoms with E-state index < -0.39 is 11.8 Å². The van der Waals surface area contributed by atoms with Gasteiger partial charge in [0.15, 0.2) is 0 Å². The zero-order chi connectivity index (χ0) is 23.6. The summed E-state index contributed by atoms with van der Waals surface area (Å²) in [5.41, 5.74) is 5.45. The Hall–Kier alpha value is -4.46. The summed E-state index contributed by atoms with van der Waals surface area (Å²) in [6, 6.07) is 23.8. The van der Waals surface area contributed by atoms with Gasteiger partial charge >= 0.3 is 11.8 Å². The van der Waals surface area contributed by atoms with Gasteiger partial charge in [-0.3, -0.25) is 14.4 Å². The highest BCUT2D eigenvalue weighted by molar-refractivity contribution is 6.39. The fraction of sp³-hybridized carbons (Fsp3) is 0.120. The second-order valence-corrected chi connectivity index (χ2v) is 7.11. The number of anilines is 2. The van der Waals surface area contributed by atoms with Crippen molar-refractivity contribution in [3.05, 3.63) is 78.9 Å². The number of para-hydroxylation sites is 1. The standard InChI is InChI=1S/C25H24N4O4/c1-17(28-29-25(32)24(31)26-19-11-8-12-20(16-19)33-2)15-23(30)27-22-14-7-6-13-21(22)18-9-4-3-5-10-18/h3-14,16H,15H2,1-2H3,(H,26,31)(H,27,30)(H,29,32)/b28-17+. The molecule has 0 atom stereocenters. The number of hydrazone groups is 1. The van der Waals surface area contributed by atoms with Crippen LogP contribution in [0.1, 0.15) is 13.3 Å². The first kappa shape index (κ1) is 23.2. The number of nitrogens with one attached hydrogen (secondary N) is 3. The summed E-state index contributed by atoms with van der Waals surface area (Å²) >= 11 is 0. The molecule has 8 heteroatoms. The number of nitrogens with zero attached hydrogens (tertiary/aromatic N) is 1. The van der Waals surface area contributed by atoms with Crippen molar-refractivity contribution in [1.29, 1.82) is 0 Å². The highest BCUT2D eigenvalue weighted by atomic mass is 16.5. The van der Waals surface area contributed by atoms with Crippen LogP contribution in [0.25, 0.3) is 11.1 Å². The molecular formula is C25H24N4O4. The third-order valence-corrected chi connectivity index (χ3v) is 4.58. The summed E-state index contributed by atoms with van der Waals surface area (Å²) in [6.45, 7) is 1.59. The molecule has 0 bridgehead atoms. The average Bonchev–Trinajstić information content (AvgIpc) is 2.83. The number of methoxy groups -OCH3 is 1. The Morgan fingerprint density at radius 3 is 2.33 bits per heavy atom. The van der Waals surface area contributed by atoms with Crippen LogP contribution in [-0.2, 0) is 14.4 Å². The fourth-order valence-electron chi connectivity index (χ4n) is 3.01. The predicted molar refractivity (Wildman–Crippen MR) is 128 cm³/mol. The third-order valence-electron chi connectivity index (χ3n) is 4.58. The van der Waals surface area contributed by atoms with Crippen LogP contribution in [-0.4, -0.2) is 30.5 Å². The third kappa shape index (κ3) is 6.76. The number of benzene rings is 3. The van der Waals surface area contributed by atoms with E-state index in [2.05, 4.69) is 21.2 Å². The molecule has 33 heavy (non-hydrogen) atoms. The van der Waals surface area contributed by atoms with E-state index in [9.17, 15) is 14.4 Å². The highest BCUT2D eigenvalue weighted by Gasteiger charge is 2.14. The van der Waals surface area contributed by atoms with E-state index in [-0.39, 0.29) is 12.3 Å². The number of hydrogen-bond donors (Lipinski definition) is 3. The zero-order valence-corrected chi connectivity index (χ0v) is 18.3. The van der Waals surface area contributed by atoms with E-state index in [0.717, 1.165) is 11.1 Å². The summed E-state index contributed by atoms with van der Waals surface area (Å²) in [5.74, 6) is -1.59. The molecule has 0 radical (unpaired) electrons. The van der Waals surface area contributed by atoms with E-state index in [4.69, 9.17) is 4.74 Å². The maximum Gasteiger partial charge on any atom is 0.329 e. The van der Waals surface area contributed by atoms with Gasteiger partial charge in [0.2, 0.25) is 5.91 Å². The highest BCUT2D eigenvalue weighted by Crippen LogP contribution is 2.27. The number of carbonyl (C=O) groups excluding carboxylic acids is 3. The Kier molecular flexibility index (Phi) is 7.91. The van der Waals surface area contributed by atoms with E-state index in [0.29, 0.717) is 22.8 Å². The van der Waals surface area contributed by atoms with Crippen LogP contribution in [0.15, 0.2) is 84.0 Å². The molecule has 0 fully saturated rings. The van der Waals surface area contributed by atoms with Gasteiger partial charge < -0.3 is 15.4 Å². The number of ether oxygens (including phenoxy) is 1. The van der Waals surface area contributed by atoms with Gasteiger partial charge in [0.1, 0.15) is 5.75 Å². The number of carbonyl (C=O) groups is 3. The van der Waals surface area contributed by atoms with Crippen LogP contribution < -0.4 is 20.8 Å². The van der Waals surface area contributed by atoms with Crippen molar-refractivity contribution >= 4 is 34.8 Å². The summed E-state index contributed by atoms with van der Waals surface area (Å²) in [4.78, 5) is 36.6. The van der Waals surface area contributed by atoms with E-state index in [1.165, 1.54) is 7.11 Å². The number of rotatable bonds is 7. The smallest absolute Gasteiger partial charge is 0.329 e. The van der Waals surface area contributed by atoms with Gasteiger partial charge in [0.05, 0.1) is 13.5 Å². The molecule has 0 aromatic heterocycles. The number of amides is 3. The Bertz CT molecular complexity index is 1180. The summed E-state index contributed by atoms with van der Waals surface area (Å²) < 4.78 is 5.08. The van der Waals surface area contributed by atoms with Crippen molar-refractivity contribution in [3.8, 4) is 16.9 Å². The fourth-order valence-corrected chi connectivity index (χ4v) is 3.01.